The smallest absolute Gasteiger partial charge is 0.229 e. The van der Waals surface area contributed by atoms with E-state index in [4.69, 9.17) is 24.2 Å². The normalized spacial score (nSPS) is 15.6. The van der Waals surface area contributed by atoms with E-state index in [0.717, 1.165) is 35.3 Å². The molecular formula is C23H26N6O4S. The lowest BCUT2D eigenvalue weighted by atomic mass is 10.2. The fourth-order valence-electron chi connectivity index (χ4n) is 4.22. The molecule has 0 amide bonds. The standard InChI is InChI=1S/C23H26N6O4S/c1-31-17-9-15(10-18(32-2)20(17)33-3)28-11-19(24-13-28)25-21-16-6-8-34-22(16)27-23(26-21)29-7-4-5-14(29)12-30/h6,8-11,13-14,30H,4-5,7,12H2,1-3H3,(H,25,26,27)/t14-/m1/s1. The second-order valence-corrected chi connectivity index (χ2v) is 8.75. The highest BCUT2D eigenvalue weighted by Gasteiger charge is 2.27. The van der Waals surface area contributed by atoms with Crippen molar-refractivity contribution in [1.29, 1.82) is 0 Å². The molecule has 1 atom stereocenters. The van der Waals surface area contributed by atoms with E-state index in [1.165, 1.54) is 0 Å². The minimum Gasteiger partial charge on any atom is -0.493 e. The number of fused-ring (bicyclic) bond motifs is 1. The first-order valence-corrected chi connectivity index (χ1v) is 11.8. The first-order valence-electron chi connectivity index (χ1n) is 10.9. The number of hydrogen-bond acceptors (Lipinski definition) is 10. The van der Waals surface area contributed by atoms with E-state index in [9.17, 15) is 5.11 Å². The third-order valence-corrected chi connectivity index (χ3v) is 6.74. The largest absolute Gasteiger partial charge is 0.493 e. The third-order valence-electron chi connectivity index (χ3n) is 5.93. The summed E-state index contributed by atoms with van der Waals surface area (Å²) in [4.78, 5) is 17.0. The molecular weight excluding hydrogens is 456 g/mol. The number of methoxy groups -OCH3 is 3. The van der Waals surface area contributed by atoms with Crippen molar-refractivity contribution in [2.45, 2.75) is 18.9 Å². The third kappa shape index (κ3) is 3.97. The number of aromatic nitrogens is 4. The molecule has 0 bridgehead atoms. The van der Waals surface area contributed by atoms with Gasteiger partial charge in [-0.25, -0.2) is 9.97 Å². The van der Waals surface area contributed by atoms with Crippen LogP contribution in [-0.4, -0.2) is 65.1 Å². The Labute approximate surface area is 200 Å². The highest BCUT2D eigenvalue weighted by atomic mass is 32.1. The van der Waals surface area contributed by atoms with Gasteiger partial charge in [-0.05, 0) is 24.3 Å². The van der Waals surface area contributed by atoms with Gasteiger partial charge in [0.25, 0.3) is 0 Å². The van der Waals surface area contributed by atoms with Gasteiger partial charge in [0.05, 0.1) is 51.2 Å². The summed E-state index contributed by atoms with van der Waals surface area (Å²) in [7, 11) is 4.75. The van der Waals surface area contributed by atoms with Crippen molar-refractivity contribution in [3.05, 3.63) is 36.1 Å². The van der Waals surface area contributed by atoms with Crippen molar-refractivity contribution in [1.82, 2.24) is 19.5 Å². The lowest BCUT2D eigenvalue weighted by Gasteiger charge is -2.23. The monoisotopic (exact) mass is 482 g/mol. The molecule has 3 aromatic heterocycles. The van der Waals surface area contributed by atoms with Gasteiger partial charge in [0.15, 0.2) is 11.5 Å². The second-order valence-electron chi connectivity index (χ2n) is 7.86. The topological polar surface area (TPSA) is 107 Å². The van der Waals surface area contributed by atoms with Crippen LogP contribution in [-0.2, 0) is 0 Å². The number of nitrogens with one attached hydrogen (secondary N) is 1. The molecule has 2 N–H and O–H groups in total. The lowest BCUT2D eigenvalue weighted by Crippen LogP contribution is -2.33. The van der Waals surface area contributed by atoms with Crippen LogP contribution in [0.5, 0.6) is 17.2 Å². The Hall–Kier alpha value is -3.57. The van der Waals surface area contributed by atoms with Crippen molar-refractivity contribution in [3.63, 3.8) is 0 Å². The van der Waals surface area contributed by atoms with E-state index in [-0.39, 0.29) is 12.6 Å². The molecule has 11 heteroatoms. The van der Waals surface area contributed by atoms with Gasteiger partial charge in [-0.1, -0.05) is 0 Å². The maximum Gasteiger partial charge on any atom is 0.229 e. The number of anilines is 3. The predicted molar refractivity (Wildman–Crippen MR) is 131 cm³/mol. The average molecular weight is 483 g/mol. The van der Waals surface area contributed by atoms with Crippen LogP contribution >= 0.6 is 11.3 Å². The average Bonchev–Trinajstić information content (AvgIpc) is 3.63. The number of hydrogen-bond donors (Lipinski definition) is 2. The SMILES string of the molecule is COc1cc(-n2cnc(Nc3nc(N4CCC[C@@H]4CO)nc4sccc34)c2)cc(OC)c1OC. The van der Waals surface area contributed by atoms with Crippen LogP contribution in [0.3, 0.4) is 0 Å². The Morgan fingerprint density at radius 3 is 2.65 bits per heavy atom. The summed E-state index contributed by atoms with van der Waals surface area (Å²) < 4.78 is 18.2. The van der Waals surface area contributed by atoms with Crippen molar-refractivity contribution in [2.24, 2.45) is 0 Å². The molecule has 1 fully saturated rings. The molecule has 1 saturated heterocycles. The maximum absolute atomic E-state index is 9.75. The first-order chi connectivity index (χ1) is 16.6. The molecule has 4 heterocycles. The maximum atomic E-state index is 9.75. The minimum atomic E-state index is 0.0458. The van der Waals surface area contributed by atoms with Gasteiger partial charge in [0.2, 0.25) is 11.7 Å². The molecule has 1 aliphatic rings. The van der Waals surface area contributed by atoms with Crippen LogP contribution in [0.1, 0.15) is 12.8 Å². The molecule has 1 aromatic carbocycles. The molecule has 1 aliphatic heterocycles. The fourth-order valence-corrected chi connectivity index (χ4v) is 4.98. The molecule has 34 heavy (non-hydrogen) atoms. The Kier molecular flexibility index (Phi) is 6.12. The zero-order valence-electron chi connectivity index (χ0n) is 19.2. The van der Waals surface area contributed by atoms with Gasteiger partial charge in [0, 0.05) is 18.7 Å². The van der Waals surface area contributed by atoms with Crippen molar-refractivity contribution >= 4 is 39.1 Å². The summed E-state index contributed by atoms with van der Waals surface area (Å²) in [5, 5.41) is 16.0. The molecule has 5 rings (SSSR count). The lowest BCUT2D eigenvalue weighted by molar-refractivity contribution is 0.265. The quantitative estimate of drug-likeness (QED) is 0.389. The van der Waals surface area contributed by atoms with Gasteiger partial charge >= 0.3 is 0 Å². The highest BCUT2D eigenvalue weighted by Crippen LogP contribution is 2.39. The van der Waals surface area contributed by atoms with Crippen LogP contribution in [0, 0.1) is 0 Å². The predicted octanol–water partition coefficient (Wildman–Crippen LogP) is 3.61. The summed E-state index contributed by atoms with van der Waals surface area (Å²) in [5.41, 5.74) is 0.807. The fraction of sp³-hybridized carbons (Fsp3) is 0.348. The van der Waals surface area contributed by atoms with E-state index >= 15 is 0 Å². The minimum absolute atomic E-state index is 0.0458. The van der Waals surface area contributed by atoms with E-state index in [1.807, 2.05) is 34.3 Å². The van der Waals surface area contributed by atoms with Crippen LogP contribution in [0.2, 0.25) is 0 Å². The van der Waals surface area contributed by atoms with Gasteiger partial charge in [-0.15, -0.1) is 11.3 Å². The second kappa shape index (κ2) is 9.35. The Balaban J connectivity index is 1.47. The number of nitrogens with zero attached hydrogens (tertiary/aromatic N) is 5. The van der Waals surface area contributed by atoms with E-state index < -0.39 is 0 Å². The van der Waals surface area contributed by atoms with Crippen molar-refractivity contribution in [3.8, 4) is 22.9 Å². The molecule has 0 unspecified atom stereocenters. The Morgan fingerprint density at radius 1 is 1.15 bits per heavy atom. The number of benzene rings is 1. The van der Waals surface area contributed by atoms with Gasteiger partial charge in [-0.3, -0.25) is 0 Å². The molecule has 10 nitrogen and oxygen atoms in total. The van der Waals surface area contributed by atoms with Crippen molar-refractivity contribution in [2.75, 3.05) is 44.7 Å². The van der Waals surface area contributed by atoms with E-state index in [2.05, 4.69) is 15.2 Å². The van der Waals surface area contributed by atoms with Gasteiger partial charge < -0.3 is 34.1 Å². The Morgan fingerprint density at radius 2 is 1.94 bits per heavy atom. The number of imidazole rings is 1. The molecule has 0 radical (unpaired) electrons. The molecule has 0 aliphatic carbocycles. The summed E-state index contributed by atoms with van der Waals surface area (Å²) in [6, 6.07) is 5.75. The Bertz CT molecular complexity index is 1280. The van der Waals surface area contributed by atoms with Gasteiger partial charge in [0.1, 0.15) is 22.8 Å². The van der Waals surface area contributed by atoms with Crippen LogP contribution < -0.4 is 24.4 Å². The number of aliphatic hydroxyl groups is 1. The zero-order valence-corrected chi connectivity index (χ0v) is 20.0. The van der Waals surface area contributed by atoms with E-state index in [0.29, 0.717) is 34.8 Å². The summed E-state index contributed by atoms with van der Waals surface area (Å²) in [6.45, 7) is 0.922. The van der Waals surface area contributed by atoms with Crippen molar-refractivity contribution < 1.29 is 19.3 Å². The number of rotatable bonds is 8. The number of thiophene rings is 1. The van der Waals surface area contributed by atoms with Crippen LogP contribution in [0.4, 0.5) is 17.6 Å². The summed E-state index contributed by atoms with van der Waals surface area (Å²) in [6.07, 6.45) is 5.52. The molecule has 0 saturated carbocycles. The van der Waals surface area contributed by atoms with E-state index in [1.54, 1.807) is 39.0 Å². The number of aliphatic hydroxyl groups excluding tert-OH is 1. The highest BCUT2D eigenvalue weighted by molar-refractivity contribution is 7.16. The van der Waals surface area contributed by atoms with Crippen LogP contribution in [0.25, 0.3) is 15.9 Å². The van der Waals surface area contributed by atoms with Crippen LogP contribution in [0.15, 0.2) is 36.1 Å². The molecule has 0 spiro atoms. The number of ether oxygens (including phenoxy) is 3. The van der Waals surface area contributed by atoms with Gasteiger partial charge in [-0.2, -0.15) is 4.98 Å². The zero-order chi connectivity index (χ0) is 23.7. The molecule has 178 valence electrons. The molecule has 4 aromatic rings. The first kappa shape index (κ1) is 22.2. The summed E-state index contributed by atoms with van der Waals surface area (Å²) >= 11 is 1.56. The summed E-state index contributed by atoms with van der Waals surface area (Å²) in [5.74, 6) is 3.59.